The van der Waals surface area contributed by atoms with Gasteiger partial charge >= 0.3 is 0 Å². The van der Waals surface area contributed by atoms with E-state index in [4.69, 9.17) is 17.7 Å². The van der Waals surface area contributed by atoms with E-state index in [-0.39, 0.29) is 0 Å². The lowest BCUT2D eigenvalue weighted by Gasteiger charge is -2.30. The molecule has 0 aliphatic rings. The van der Waals surface area contributed by atoms with Crippen LogP contribution in [0.4, 0.5) is 0 Å². The average molecular weight is 430 g/mol. The molecular formula is C23H43NO4S. The molecule has 6 heteroatoms. The van der Waals surface area contributed by atoms with Crippen molar-refractivity contribution in [2.75, 3.05) is 34.0 Å². The van der Waals surface area contributed by atoms with Gasteiger partial charge in [-0.1, -0.05) is 58.3 Å². The summed E-state index contributed by atoms with van der Waals surface area (Å²) in [6, 6.07) is 8.51. The van der Waals surface area contributed by atoms with Gasteiger partial charge in [0.15, 0.2) is 0 Å². The standard InChI is InChI=1S/C22H40NO.CH4O3S/c1-5-6-7-8-9-10-11-12-13-14-19-23(2,3)20-21-15-17-22(24-4)18-16-21;1-5(2,3)4/h15-18H,5-14,19-20H2,1-4H3;1H3,(H,2,3,4)/q+1;/p-1. The molecule has 0 aromatic heterocycles. The lowest BCUT2D eigenvalue weighted by atomic mass is 10.1. The van der Waals surface area contributed by atoms with Crippen molar-refractivity contribution in [3.05, 3.63) is 29.8 Å². The predicted octanol–water partition coefficient (Wildman–Crippen LogP) is 5.35. The Bertz CT molecular complexity index is 604. The van der Waals surface area contributed by atoms with E-state index in [1.165, 1.54) is 76.3 Å². The molecule has 0 saturated carbocycles. The van der Waals surface area contributed by atoms with Gasteiger partial charge in [0, 0.05) is 11.8 Å². The monoisotopic (exact) mass is 429 g/mol. The zero-order chi connectivity index (χ0) is 22.2. The number of hydrogen-bond donors (Lipinski definition) is 0. The number of methoxy groups -OCH3 is 1. The number of ether oxygens (including phenoxy) is 1. The molecule has 170 valence electrons. The van der Waals surface area contributed by atoms with Crippen LogP contribution in [-0.2, 0) is 16.7 Å². The topological polar surface area (TPSA) is 66.4 Å². The molecule has 0 atom stereocenters. The van der Waals surface area contributed by atoms with Crippen LogP contribution < -0.4 is 4.74 Å². The van der Waals surface area contributed by atoms with Gasteiger partial charge in [0.25, 0.3) is 0 Å². The molecule has 5 nitrogen and oxygen atoms in total. The first-order valence-corrected chi connectivity index (χ1v) is 12.7. The van der Waals surface area contributed by atoms with E-state index in [0.29, 0.717) is 6.26 Å². The van der Waals surface area contributed by atoms with Gasteiger partial charge in [0.2, 0.25) is 0 Å². The number of unbranched alkanes of at least 4 members (excludes halogenated alkanes) is 9. The van der Waals surface area contributed by atoms with Crippen LogP contribution in [0, 0.1) is 0 Å². The van der Waals surface area contributed by atoms with E-state index in [2.05, 4.69) is 45.3 Å². The van der Waals surface area contributed by atoms with Crippen molar-refractivity contribution in [1.29, 1.82) is 0 Å². The molecule has 0 radical (unpaired) electrons. The van der Waals surface area contributed by atoms with Crippen molar-refractivity contribution in [2.45, 2.75) is 77.7 Å². The maximum Gasteiger partial charge on any atom is 0.118 e. The minimum atomic E-state index is -3.92. The summed E-state index contributed by atoms with van der Waals surface area (Å²) in [5.41, 5.74) is 1.40. The van der Waals surface area contributed by atoms with Crippen LogP contribution in [0.15, 0.2) is 24.3 Å². The molecule has 0 aliphatic carbocycles. The molecule has 0 unspecified atom stereocenters. The van der Waals surface area contributed by atoms with Gasteiger partial charge < -0.3 is 13.8 Å². The number of quaternary nitrogens is 1. The molecule has 1 rings (SSSR count). The fourth-order valence-corrected chi connectivity index (χ4v) is 3.33. The van der Waals surface area contributed by atoms with Gasteiger partial charge in [-0.05, 0) is 37.1 Å². The number of benzene rings is 1. The molecule has 0 spiro atoms. The largest absolute Gasteiger partial charge is 0.748 e. The van der Waals surface area contributed by atoms with Crippen molar-refractivity contribution in [3.63, 3.8) is 0 Å². The summed E-state index contributed by atoms with van der Waals surface area (Å²) in [6.45, 7) is 4.65. The average Bonchev–Trinajstić information content (AvgIpc) is 2.62. The third-order valence-corrected chi connectivity index (χ3v) is 4.89. The summed E-state index contributed by atoms with van der Waals surface area (Å²) in [6.07, 6.45) is 14.7. The third kappa shape index (κ3) is 20.0. The van der Waals surface area contributed by atoms with Crippen LogP contribution in [0.1, 0.15) is 76.7 Å². The molecule has 1 aromatic carbocycles. The SMILES string of the molecule is CCCCCCCCCCCC[N+](C)(C)Cc1ccc(OC)cc1.CS(=O)(=O)[O-]. The van der Waals surface area contributed by atoms with Crippen LogP contribution in [0.2, 0.25) is 0 Å². The smallest absolute Gasteiger partial charge is 0.118 e. The number of hydrogen-bond acceptors (Lipinski definition) is 4. The maximum absolute atomic E-state index is 9.08. The van der Waals surface area contributed by atoms with Gasteiger partial charge in [0.05, 0.1) is 37.9 Å². The lowest BCUT2D eigenvalue weighted by molar-refractivity contribution is -0.903. The zero-order valence-corrected chi connectivity index (χ0v) is 20.1. The summed E-state index contributed by atoms with van der Waals surface area (Å²) in [5.74, 6) is 0.943. The minimum Gasteiger partial charge on any atom is -0.748 e. The lowest BCUT2D eigenvalue weighted by Crippen LogP contribution is -2.39. The zero-order valence-electron chi connectivity index (χ0n) is 19.3. The fourth-order valence-electron chi connectivity index (χ4n) is 3.33. The highest BCUT2D eigenvalue weighted by Gasteiger charge is 2.15. The summed E-state index contributed by atoms with van der Waals surface area (Å²) in [4.78, 5) is 0. The van der Waals surface area contributed by atoms with Crippen molar-refractivity contribution >= 4 is 10.1 Å². The number of rotatable bonds is 14. The molecule has 0 aliphatic heterocycles. The molecule has 0 fully saturated rings. The fraction of sp³-hybridized carbons (Fsp3) is 0.739. The molecule has 0 bridgehead atoms. The van der Waals surface area contributed by atoms with Crippen molar-refractivity contribution in [2.24, 2.45) is 0 Å². The molecular weight excluding hydrogens is 386 g/mol. The van der Waals surface area contributed by atoms with Crippen molar-refractivity contribution in [3.8, 4) is 5.75 Å². The Hall–Kier alpha value is -1.11. The van der Waals surface area contributed by atoms with Gasteiger partial charge in [-0.25, -0.2) is 8.42 Å². The van der Waals surface area contributed by atoms with E-state index in [1.54, 1.807) is 7.11 Å². The Morgan fingerprint density at radius 3 is 1.69 bits per heavy atom. The van der Waals surface area contributed by atoms with E-state index in [0.717, 1.165) is 16.8 Å². The Labute approximate surface area is 179 Å². The van der Waals surface area contributed by atoms with Gasteiger partial charge in [-0.15, -0.1) is 0 Å². The van der Waals surface area contributed by atoms with Crippen molar-refractivity contribution < 1.29 is 22.2 Å². The van der Waals surface area contributed by atoms with Crippen LogP contribution in [0.3, 0.4) is 0 Å². The normalized spacial score (nSPS) is 11.7. The van der Waals surface area contributed by atoms with E-state index in [9.17, 15) is 0 Å². The Balaban J connectivity index is 0.00000139. The summed E-state index contributed by atoms with van der Waals surface area (Å²) < 4.78 is 33.5. The molecule has 0 heterocycles. The Morgan fingerprint density at radius 1 is 0.862 bits per heavy atom. The van der Waals surface area contributed by atoms with E-state index < -0.39 is 10.1 Å². The Morgan fingerprint density at radius 2 is 1.28 bits per heavy atom. The number of nitrogens with zero attached hydrogens (tertiary/aromatic N) is 1. The maximum atomic E-state index is 9.08. The molecule has 0 saturated heterocycles. The summed E-state index contributed by atoms with van der Waals surface area (Å²) >= 11 is 0. The van der Waals surface area contributed by atoms with Crippen LogP contribution >= 0.6 is 0 Å². The van der Waals surface area contributed by atoms with Crippen LogP contribution in [0.25, 0.3) is 0 Å². The first kappa shape index (κ1) is 27.9. The predicted molar refractivity (Wildman–Crippen MR) is 121 cm³/mol. The first-order chi connectivity index (χ1) is 13.6. The van der Waals surface area contributed by atoms with E-state index in [1.807, 2.05) is 0 Å². The summed E-state index contributed by atoms with van der Waals surface area (Å²) in [5, 5.41) is 0. The Kier molecular flexibility index (Phi) is 15.1. The molecule has 29 heavy (non-hydrogen) atoms. The van der Waals surface area contributed by atoms with Gasteiger partial charge in [-0.2, -0.15) is 0 Å². The highest BCUT2D eigenvalue weighted by molar-refractivity contribution is 7.84. The minimum absolute atomic E-state index is 0.604. The molecule has 1 aromatic rings. The highest BCUT2D eigenvalue weighted by Crippen LogP contribution is 2.16. The molecule has 0 amide bonds. The van der Waals surface area contributed by atoms with Crippen LogP contribution in [-0.4, -0.2) is 51.5 Å². The van der Waals surface area contributed by atoms with Crippen LogP contribution in [0.5, 0.6) is 5.75 Å². The van der Waals surface area contributed by atoms with Gasteiger partial charge in [0.1, 0.15) is 12.3 Å². The second-order valence-electron chi connectivity index (χ2n) is 8.55. The second-order valence-corrected chi connectivity index (χ2v) is 9.96. The second kappa shape index (κ2) is 15.7. The van der Waals surface area contributed by atoms with Gasteiger partial charge in [-0.3, -0.25) is 0 Å². The molecule has 0 N–H and O–H groups in total. The van der Waals surface area contributed by atoms with E-state index >= 15 is 0 Å². The third-order valence-electron chi connectivity index (χ3n) is 4.89. The quantitative estimate of drug-likeness (QED) is 0.227. The highest BCUT2D eigenvalue weighted by atomic mass is 32.2. The summed E-state index contributed by atoms with van der Waals surface area (Å²) in [7, 11) is 2.50. The van der Waals surface area contributed by atoms with Crippen molar-refractivity contribution in [1.82, 2.24) is 0 Å². The first-order valence-electron chi connectivity index (χ1n) is 10.9.